The van der Waals surface area contributed by atoms with E-state index < -0.39 is 0 Å². The van der Waals surface area contributed by atoms with Gasteiger partial charge in [0, 0.05) is 11.1 Å². The Bertz CT molecular complexity index is 505. The third-order valence-electron chi connectivity index (χ3n) is 3.35. The van der Waals surface area contributed by atoms with Crippen LogP contribution in [0.5, 0.6) is 0 Å². The second-order valence-corrected chi connectivity index (χ2v) is 6.15. The Hall–Kier alpha value is -0.800. The number of fused-ring (bicyclic) bond motifs is 1. The molecule has 0 aliphatic heterocycles. The van der Waals surface area contributed by atoms with Gasteiger partial charge in [-0.3, -0.25) is 0 Å². The van der Waals surface area contributed by atoms with E-state index in [1.807, 2.05) is 13.0 Å². The van der Waals surface area contributed by atoms with Crippen molar-refractivity contribution >= 4 is 38.3 Å². The van der Waals surface area contributed by atoms with Gasteiger partial charge in [0.2, 0.25) is 0 Å². The minimum Gasteiger partial charge on any atom is -0.359 e. The summed E-state index contributed by atoms with van der Waals surface area (Å²) in [6.07, 6.45) is 5.23. The lowest BCUT2D eigenvalue weighted by Gasteiger charge is -2.09. The second-order valence-electron chi connectivity index (χ2n) is 4.71. The molecule has 4 heteroatoms. The molecule has 2 aromatic rings. The van der Waals surface area contributed by atoms with Crippen molar-refractivity contribution in [3.63, 3.8) is 0 Å². The van der Waals surface area contributed by atoms with E-state index in [0.717, 1.165) is 21.2 Å². The van der Waals surface area contributed by atoms with Gasteiger partial charge in [-0.05, 0) is 37.5 Å². The zero-order valence-corrected chi connectivity index (χ0v) is 11.4. The molecule has 1 fully saturated rings. The minimum absolute atomic E-state index is 0.618. The van der Waals surface area contributed by atoms with Gasteiger partial charge >= 0.3 is 0 Å². The first kappa shape index (κ1) is 11.3. The van der Waals surface area contributed by atoms with Crippen LogP contribution in [0.3, 0.4) is 0 Å². The molecule has 0 spiro atoms. The van der Waals surface area contributed by atoms with Crippen LogP contribution in [0, 0.1) is 6.92 Å². The number of thiazole rings is 1. The summed E-state index contributed by atoms with van der Waals surface area (Å²) < 4.78 is 1.22. The molecule has 17 heavy (non-hydrogen) atoms. The third kappa shape index (κ3) is 2.26. The maximum atomic E-state index is 6.11. The van der Waals surface area contributed by atoms with Gasteiger partial charge in [-0.2, -0.15) is 0 Å². The predicted molar refractivity (Wildman–Crippen MR) is 75.2 cm³/mol. The first-order chi connectivity index (χ1) is 8.22. The number of halogens is 1. The van der Waals surface area contributed by atoms with Crippen LogP contribution in [0.2, 0.25) is 5.02 Å². The molecule has 0 radical (unpaired) electrons. The van der Waals surface area contributed by atoms with E-state index in [-0.39, 0.29) is 0 Å². The lowest BCUT2D eigenvalue weighted by atomic mass is 10.2. The summed E-state index contributed by atoms with van der Waals surface area (Å²) in [7, 11) is 0. The van der Waals surface area contributed by atoms with Crippen molar-refractivity contribution in [3.05, 3.63) is 22.7 Å². The molecule has 2 nitrogen and oxygen atoms in total. The monoisotopic (exact) mass is 266 g/mol. The smallest absolute Gasteiger partial charge is 0.184 e. The van der Waals surface area contributed by atoms with E-state index in [0.29, 0.717) is 6.04 Å². The molecule has 0 saturated heterocycles. The maximum Gasteiger partial charge on any atom is 0.184 e. The van der Waals surface area contributed by atoms with E-state index in [1.54, 1.807) is 11.3 Å². The fourth-order valence-electron chi connectivity index (χ4n) is 2.36. The zero-order valence-electron chi connectivity index (χ0n) is 9.79. The van der Waals surface area contributed by atoms with Crippen LogP contribution >= 0.6 is 22.9 Å². The van der Waals surface area contributed by atoms with Gasteiger partial charge in [0.15, 0.2) is 5.13 Å². The van der Waals surface area contributed by atoms with Crippen molar-refractivity contribution < 1.29 is 0 Å². The van der Waals surface area contributed by atoms with E-state index in [9.17, 15) is 0 Å². The fourth-order valence-corrected chi connectivity index (χ4v) is 3.54. The highest BCUT2D eigenvalue weighted by Gasteiger charge is 2.16. The first-order valence-corrected chi connectivity index (χ1v) is 7.25. The predicted octanol–water partition coefficient (Wildman–Crippen LogP) is 4.61. The summed E-state index contributed by atoms with van der Waals surface area (Å²) in [5.74, 6) is 0. The summed E-state index contributed by atoms with van der Waals surface area (Å²) in [4.78, 5) is 4.60. The maximum absolute atomic E-state index is 6.11. The molecular weight excluding hydrogens is 252 g/mol. The largest absolute Gasteiger partial charge is 0.359 e. The average Bonchev–Trinajstić information content (AvgIpc) is 2.89. The normalized spacial score (nSPS) is 16.8. The molecule has 1 aromatic heterocycles. The molecular formula is C13H15ClN2S. The Kier molecular flexibility index (Phi) is 2.97. The number of nitrogens with one attached hydrogen (secondary N) is 1. The Balaban J connectivity index is 1.90. The lowest BCUT2D eigenvalue weighted by molar-refractivity contribution is 0.754. The van der Waals surface area contributed by atoms with Crippen molar-refractivity contribution in [2.45, 2.75) is 38.6 Å². The summed E-state index contributed by atoms with van der Waals surface area (Å²) >= 11 is 7.84. The zero-order chi connectivity index (χ0) is 11.8. The van der Waals surface area contributed by atoms with Crippen LogP contribution < -0.4 is 5.32 Å². The summed E-state index contributed by atoms with van der Waals surface area (Å²) in [6, 6.07) is 4.70. The van der Waals surface area contributed by atoms with Gasteiger partial charge < -0.3 is 5.32 Å². The molecule has 90 valence electrons. The molecule has 1 aromatic carbocycles. The number of rotatable bonds is 2. The number of nitrogens with zero attached hydrogens (tertiary/aromatic N) is 1. The van der Waals surface area contributed by atoms with Gasteiger partial charge in [0.1, 0.15) is 0 Å². The summed E-state index contributed by atoms with van der Waals surface area (Å²) in [6.45, 7) is 2.03. The van der Waals surface area contributed by atoms with Crippen LogP contribution in [-0.2, 0) is 0 Å². The van der Waals surface area contributed by atoms with Crippen LogP contribution in [0.4, 0.5) is 5.13 Å². The Morgan fingerprint density at radius 3 is 2.88 bits per heavy atom. The van der Waals surface area contributed by atoms with Crippen molar-refractivity contribution in [1.29, 1.82) is 0 Å². The molecule has 0 atom stereocenters. The number of aromatic nitrogens is 1. The average molecular weight is 267 g/mol. The van der Waals surface area contributed by atoms with Gasteiger partial charge in [0.25, 0.3) is 0 Å². The lowest BCUT2D eigenvalue weighted by Crippen LogP contribution is -2.13. The number of hydrogen-bond acceptors (Lipinski definition) is 3. The highest BCUT2D eigenvalue weighted by atomic mass is 35.5. The number of benzene rings is 1. The Morgan fingerprint density at radius 1 is 1.35 bits per heavy atom. The molecule has 3 rings (SSSR count). The van der Waals surface area contributed by atoms with E-state index in [4.69, 9.17) is 11.6 Å². The van der Waals surface area contributed by atoms with Gasteiger partial charge in [-0.15, -0.1) is 0 Å². The van der Waals surface area contributed by atoms with Crippen molar-refractivity contribution in [2.75, 3.05) is 5.32 Å². The van der Waals surface area contributed by atoms with Gasteiger partial charge in [0.05, 0.1) is 10.2 Å². The highest BCUT2D eigenvalue weighted by molar-refractivity contribution is 7.22. The van der Waals surface area contributed by atoms with Crippen molar-refractivity contribution in [3.8, 4) is 0 Å². The summed E-state index contributed by atoms with van der Waals surface area (Å²) in [5, 5.41) is 5.37. The molecule has 1 saturated carbocycles. The van der Waals surface area contributed by atoms with E-state index >= 15 is 0 Å². The second kappa shape index (κ2) is 4.46. The molecule has 0 amide bonds. The standard InChI is InChI=1S/C13H15ClN2S/c1-8-6-12-11(7-10(8)14)16-13(17-12)15-9-4-2-3-5-9/h6-7,9H,2-5H2,1H3,(H,15,16). The molecule has 0 unspecified atom stereocenters. The van der Waals surface area contributed by atoms with E-state index in [2.05, 4.69) is 16.4 Å². The molecule has 1 aliphatic carbocycles. The summed E-state index contributed by atoms with van der Waals surface area (Å²) in [5.41, 5.74) is 2.13. The topological polar surface area (TPSA) is 24.9 Å². The highest BCUT2D eigenvalue weighted by Crippen LogP contribution is 2.32. The molecule has 0 bridgehead atoms. The molecule has 1 N–H and O–H groups in total. The Morgan fingerprint density at radius 2 is 2.12 bits per heavy atom. The number of anilines is 1. The van der Waals surface area contributed by atoms with Crippen LogP contribution in [-0.4, -0.2) is 11.0 Å². The fraction of sp³-hybridized carbons (Fsp3) is 0.462. The molecule has 1 aliphatic rings. The van der Waals surface area contributed by atoms with E-state index in [1.165, 1.54) is 30.4 Å². The quantitative estimate of drug-likeness (QED) is 0.858. The number of hydrogen-bond donors (Lipinski definition) is 1. The van der Waals surface area contributed by atoms with Crippen molar-refractivity contribution in [2.24, 2.45) is 0 Å². The third-order valence-corrected chi connectivity index (χ3v) is 4.71. The van der Waals surface area contributed by atoms with Crippen LogP contribution in [0.15, 0.2) is 12.1 Å². The SMILES string of the molecule is Cc1cc2sc(NC3CCCC3)nc2cc1Cl. The Labute approximate surface area is 110 Å². The van der Waals surface area contributed by atoms with Crippen LogP contribution in [0.1, 0.15) is 31.2 Å². The molecule has 1 heterocycles. The first-order valence-electron chi connectivity index (χ1n) is 6.05. The van der Waals surface area contributed by atoms with Crippen LogP contribution in [0.25, 0.3) is 10.2 Å². The van der Waals surface area contributed by atoms with Crippen molar-refractivity contribution in [1.82, 2.24) is 4.98 Å². The van der Waals surface area contributed by atoms with Gasteiger partial charge in [-0.25, -0.2) is 4.98 Å². The number of aryl methyl sites for hydroxylation is 1. The van der Waals surface area contributed by atoms with Gasteiger partial charge in [-0.1, -0.05) is 35.8 Å². The minimum atomic E-state index is 0.618.